The first-order chi connectivity index (χ1) is 15.0. The number of hydrogen-bond acceptors (Lipinski definition) is 6. The zero-order valence-corrected chi connectivity index (χ0v) is 17.2. The molecule has 1 amide bonds. The maximum absolute atomic E-state index is 12.7. The first-order valence-electron chi connectivity index (χ1n) is 10.6. The Labute approximate surface area is 180 Å². The monoisotopic (exact) mass is 423 g/mol. The van der Waals surface area contributed by atoms with Gasteiger partial charge >= 0.3 is 5.97 Å². The molecule has 0 unspecified atom stereocenters. The maximum Gasteiger partial charge on any atom is 0.341 e. The average Bonchev–Trinajstić information content (AvgIpc) is 3.32. The second kappa shape index (κ2) is 9.16. The number of rotatable bonds is 6. The Morgan fingerprint density at radius 2 is 1.90 bits per heavy atom. The molecule has 1 atom stereocenters. The highest BCUT2D eigenvalue weighted by Crippen LogP contribution is 2.30. The molecule has 4 rings (SSSR count). The van der Waals surface area contributed by atoms with Crippen LogP contribution in [0.5, 0.6) is 0 Å². The van der Waals surface area contributed by atoms with Gasteiger partial charge in [-0.15, -0.1) is 0 Å². The van der Waals surface area contributed by atoms with Gasteiger partial charge in [0.05, 0.1) is 22.2 Å². The summed E-state index contributed by atoms with van der Waals surface area (Å²) in [7, 11) is 0. The molecule has 0 bridgehead atoms. The molecule has 1 aliphatic carbocycles. The number of aryl methyl sites for hydroxylation is 1. The SMILES string of the molecule is O=C(COC(=O)c1cc([N+](=O)[O-])ccc1N1CCCC1)N[C@@H]1CCCc2ccccc21. The normalized spacial score (nSPS) is 17.7. The van der Waals surface area contributed by atoms with Gasteiger partial charge in [-0.25, -0.2) is 4.79 Å². The van der Waals surface area contributed by atoms with Gasteiger partial charge in [-0.05, 0) is 49.3 Å². The maximum atomic E-state index is 12.7. The summed E-state index contributed by atoms with van der Waals surface area (Å²) in [5.41, 5.74) is 2.87. The van der Waals surface area contributed by atoms with E-state index in [1.165, 1.54) is 17.7 Å². The van der Waals surface area contributed by atoms with E-state index in [1.54, 1.807) is 6.07 Å². The van der Waals surface area contributed by atoms with Gasteiger partial charge in [0.25, 0.3) is 11.6 Å². The highest BCUT2D eigenvalue weighted by atomic mass is 16.6. The van der Waals surface area contributed by atoms with Crippen LogP contribution in [0.4, 0.5) is 11.4 Å². The molecular formula is C23H25N3O5. The van der Waals surface area contributed by atoms with Crippen molar-refractivity contribution in [1.29, 1.82) is 0 Å². The van der Waals surface area contributed by atoms with Gasteiger partial charge < -0.3 is 15.0 Å². The van der Waals surface area contributed by atoms with E-state index in [1.807, 2.05) is 23.1 Å². The number of carbonyl (C=O) groups is 2. The lowest BCUT2D eigenvalue weighted by molar-refractivity contribution is -0.384. The predicted molar refractivity (Wildman–Crippen MR) is 115 cm³/mol. The lowest BCUT2D eigenvalue weighted by Gasteiger charge is -2.26. The fourth-order valence-electron chi connectivity index (χ4n) is 4.38. The zero-order valence-electron chi connectivity index (χ0n) is 17.2. The van der Waals surface area contributed by atoms with E-state index < -0.39 is 17.5 Å². The number of benzene rings is 2. The number of nitrogens with zero attached hydrogens (tertiary/aromatic N) is 2. The molecule has 1 heterocycles. The van der Waals surface area contributed by atoms with Gasteiger partial charge in [0.15, 0.2) is 6.61 Å². The minimum atomic E-state index is -0.732. The standard InChI is InChI=1S/C23H25N3O5/c27-22(24-20-9-5-7-16-6-1-2-8-18(16)20)15-31-23(28)19-14-17(26(29)30)10-11-21(19)25-12-3-4-13-25/h1-2,6,8,10-11,14,20H,3-5,7,9,12-13,15H2,(H,24,27)/t20-/m1/s1. The smallest absolute Gasteiger partial charge is 0.341 e. The molecule has 1 N–H and O–H groups in total. The largest absolute Gasteiger partial charge is 0.452 e. The van der Waals surface area contributed by atoms with Gasteiger partial charge in [-0.1, -0.05) is 24.3 Å². The van der Waals surface area contributed by atoms with Gasteiger partial charge in [0.2, 0.25) is 0 Å². The Balaban J connectivity index is 1.43. The van der Waals surface area contributed by atoms with Crippen molar-refractivity contribution in [1.82, 2.24) is 5.32 Å². The van der Waals surface area contributed by atoms with Crippen LogP contribution in [0.25, 0.3) is 0 Å². The summed E-state index contributed by atoms with van der Waals surface area (Å²) >= 11 is 0. The van der Waals surface area contributed by atoms with Crippen LogP contribution in [-0.2, 0) is 16.0 Å². The molecule has 8 nitrogen and oxygen atoms in total. The lowest BCUT2D eigenvalue weighted by atomic mass is 9.88. The number of carbonyl (C=O) groups excluding carboxylic acids is 2. The molecule has 8 heteroatoms. The van der Waals surface area contributed by atoms with Crippen LogP contribution in [0.2, 0.25) is 0 Å². The molecule has 2 aromatic carbocycles. The van der Waals surface area contributed by atoms with Crippen LogP contribution in [0.1, 0.15) is 53.2 Å². The Morgan fingerprint density at radius 1 is 1.13 bits per heavy atom. The molecule has 2 aromatic rings. The number of nitrogens with one attached hydrogen (secondary N) is 1. The number of ether oxygens (including phenoxy) is 1. The molecule has 0 aromatic heterocycles. The Hall–Kier alpha value is -3.42. The Bertz CT molecular complexity index is 1000. The minimum Gasteiger partial charge on any atom is -0.452 e. The number of amides is 1. The first kappa shape index (κ1) is 20.8. The summed E-state index contributed by atoms with van der Waals surface area (Å²) in [4.78, 5) is 37.8. The molecule has 0 radical (unpaired) electrons. The number of esters is 1. The van der Waals surface area contributed by atoms with Crippen LogP contribution in [-0.4, -0.2) is 36.5 Å². The van der Waals surface area contributed by atoms with Gasteiger partial charge in [0, 0.05) is 25.2 Å². The third kappa shape index (κ3) is 4.68. The van der Waals surface area contributed by atoms with E-state index in [9.17, 15) is 19.7 Å². The van der Waals surface area contributed by atoms with E-state index in [4.69, 9.17) is 4.74 Å². The summed E-state index contributed by atoms with van der Waals surface area (Å²) in [5, 5.41) is 14.1. The van der Waals surface area contributed by atoms with E-state index in [2.05, 4.69) is 11.4 Å². The zero-order chi connectivity index (χ0) is 21.8. The number of nitro groups is 1. The highest BCUT2D eigenvalue weighted by Gasteiger charge is 2.25. The molecule has 162 valence electrons. The van der Waals surface area contributed by atoms with E-state index in [0.717, 1.165) is 50.8 Å². The molecule has 0 saturated carbocycles. The van der Waals surface area contributed by atoms with Crippen molar-refractivity contribution in [2.45, 2.75) is 38.1 Å². The second-order valence-electron chi connectivity index (χ2n) is 7.94. The van der Waals surface area contributed by atoms with Gasteiger partial charge in [-0.2, -0.15) is 0 Å². The average molecular weight is 423 g/mol. The van der Waals surface area contributed by atoms with Crippen molar-refractivity contribution in [3.05, 3.63) is 69.3 Å². The third-order valence-corrected chi connectivity index (χ3v) is 5.90. The second-order valence-corrected chi connectivity index (χ2v) is 7.94. The van der Waals surface area contributed by atoms with Crippen molar-refractivity contribution in [2.75, 3.05) is 24.6 Å². The van der Waals surface area contributed by atoms with Crippen LogP contribution in [0, 0.1) is 10.1 Å². The van der Waals surface area contributed by atoms with Crippen LogP contribution in [0.15, 0.2) is 42.5 Å². The molecule has 1 saturated heterocycles. The fourth-order valence-corrected chi connectivity index (χ4v) is 4.38. The van der Waals surface area contributed by atoms with Crippen LogP contribution < -0.4 is 10.2 Å². The van der Waals surface area contributed by atoms with E-state index in [0.29, 0.717) is 5.69 Å². The van der Waals surface area contributed by atoms with E-state index >= 15 is 0 Å². The van der Waals surface area contributed by atoms with Crippen molar-refractivity contribution >= 4 is 23.3 Å². The molecule has 0 spiro atoms. The Morgan fingerprint density at radius 3 is 2.68 bits per heavy atom. The number of anilines is 1. The number of fused-ring (bicyclic) bond motifs is 1. The van der Waals surface area contributed by atoms with Crippen LogP contribution in [0.3, 0.4) is 0 Å². The van der Waals surface area contributed by atoms with Crippen molar-refractivity contribution < 1.29 is 19.2 Å². The molecule has 31 heavy (non-hydrogen) atoms. The minimum absolute atomic E-state index is 0.103. The third-order valence-electron chi connectivity index (χ3n) is 5.90. The Kier molecular flexibility index (Phi) is 6.16. The summed E-state index contributed by atoms with van der Waals surface area (Å²) in [6.07, 6.45) is 4.80. The molecular weight excluding hydrogens is 398 g/mol. The van der Waals surface area contributed by atoms with E-state index in [-0.39, 0.29) is 23.2 Å². The fraction of sp³-hybridized carbons (Fsp3) is 0.391. The molecule has 1 aliphatic heterocycles. The summed E-state index contributed by atoms with van der Waals surface area (Å²) < 4.78 is 5.25. The molecule has 1 fully saturated rings. The summed E-state index contributed by atoms with van der Waals surface area (Å²) in [6, 6.07) is 12.1. The summed E-state index contributed by atoms with van der Waals surface area (Å²) in [5.74, 6) is -1.12. The summed E-state index contributed by atoms with van der Waals surface area (Å²) in [6.45, 7) is 1.12. The number of nitro benzene ring substituents is 1. The quantitative estimate of drug-likeness (QED) is 0.433. The van der Waals surface area contributed by atoms with Gasteiger partial charge in [-0.3, -0.25) is 14.9 Å². The van der Waals surface area contributed by atoms with Crippen molar-refractivity contribution in [3.8, 4) is 0 Å². The lowest BCUT2D eigenvalue weighted by Crippen LogP contribution is -2.34. The predicted octanol–water partition coefficient (Wildman–Crippen LogP) is 3.55. The number of hydrogen-bond donors (Lipinski definition) is 1. The number of non-ortho nitro benzene ring substituents is 1. The topological polar surface area (TPSA) is 102 Å². The van der Waals surface area contributed by atoms with Crippen molar-refractivity contribution in [3.63, 3.8) is 0 Å². The van der Waals surface area contributed by atoms with Gasteiger partial charge in [0.1, 0.15) is 0 Å². The van der Waals surface area contributed by atoms with Crippen molar-refractivity contribution in [2.24, 2.45) is 0 Å². The molecule has 2 aliphatic rings. The highest BCUT2D eigenvalue weighted by molar-refractivity contribution is 5.97. The van der Waals surface area contributed by atoms with Crippen LogP contribution >= 0.6 is 0 Å². The first-order valence-corrected chi connectivity index (χ1v) is 10.6.